The van der Waals surface area contributed by atoms with Gasteiger partial charge in [0.2, 0.25) is 5.91 Å². The van der Waals surface area contributed by atoms with E-state index >= 15 is 0 Å². The zero-order valence-corrected chi connectivity index (χ0v) is 13.5. The van der Waals surface area contributed by atoms with E-state index in [4.69, 9.17) is 16.9 Å². The molecule has 2 rings (SSSR count). The maximum absolute atomic E-state index is 11.8. The number of amides is 1. The van der Waals surface area contributed by atoms with Gasteiger partial charge >= 0.3 is 0 Å². The summed E-state index contributed by atoms with van der Waals surface area (Å²) >= 11 is 7.36. The molecule has 0 atom stereocenters. The number of carbonyl (C=O) groups is 1. The summed E-state index contributed by atoms with van der Waals surface area (Å²) in [6.07, 6.45) is 0. The number of halogens is 1. The molecule has 0 aliphatic rings. The quantitative estimate of drug-likeness (QED) is 0.877. The molecule has 1 amide bonds. The number of benzene rings is 2. The standard InChI is InChI=1S/C17H15ClN2OS/c18-16-7-5-14(6-8-16)10-20-17(21)12-22-11-15-3-1-13(9-19)2-4-15/h1-8H,10-12H2,(H,20,21). The lowest BCUT2D eigenvalue weighted by Gasteiger charge is -2.06. The zero-order valence-electron chi connectivity index (χ0n) is 11.9. The predicted molar refractivity (Wildman–Crippen MR) is 90.6 cm³/mol. The summed E-state index contributed by atoms with van der Waals surface area (Å²) in [6, 6.07) is 16.9. The molecule has 0 heterocycles. The first-order valence-corrected chi connectivity index (χ1v) is 8.28. The van der Waals surface area contributed by atoms with E-state index in [2.05, 4.69) is 11.4 Å². The molecule has 0 unspecified atom stereocenters. The Morgan fingerprint density at radius 3 is 2.36 bits per heavy atom. The number of nitriles is 1. The van der Waals surface area contributed by atoms with Crippen LogP contribution in [0, 0.1) is 11.3 Å². The van der Waals surface area contributed by atoms with Crippen molar-refractivity contribution in [2.24, 2.45) is 0 Å². The molecule has 3 nitrogen and oxygen atoms in total. The van der Waals surface area contributed by atoms with Crippen molar-refractivity contribution in [3.63, 3.8) is 0 Å². The molecule has 0 radical (unpaired) electrons. The third-order valence-electron chi connectivity index (χ3n) is 2.99. The van der Waals surface area contributed by atoms with Gasteiger partial charge in [-0.05, 0) is 35.4 Å². The summed E-state index contributed by atoms with van der Waals surface area (Å²) in [5, 5.41) is 12.3. The largest absolute Gasteiger partial charge is 0.351 e. The highest BCUT2D eigenvalue weighted by Crippen LogP contribution is 2.13. The lowest BCUT2D eigenvalue weighted by molar-refractivity contribution is -0.118. The maximum atomic E-state index is 11.8. The minimum atomic E-state index is 0.00796. The van der Waals surface area contributed by atoms with Gasteiger partial charge in [0, 0.05) is 17.3 Å². The third-order valence-corrected chi connectivity index (χ3v) is 4.24. The average Bonchev–Trinajstić information content (AvgIpc) is 2.55. The lowest BCUT2D eigenvalue weighted by atomic mass is 10.2. The van der Waals surface area contributed by atoms with E-state index in [-0.39, 0.29) is 5.91 Å². The van der Waals surface area contributed by atoms with Crippen LogP contribution in [0.15, 0.2) is 48.5 Å². The molecular weight excluding hydrogens is 316 g/mol. The predicted octanol–water partition coefficient (Wildman–Crippen LogP) is 3.76. The van der Waals surface area contributed by atoms with Crippen molar-refractivity contribution in [3.05, 3.63) is 70.2 Å². The van der Waals surface area contributed by atoms with Crippen LogP contribution in [0.5, 0.6) is 0 Å². The normalized spacial score (nSPS) is 10.0. The van der Waals surface area contributed by atoms with Gasteiger partial charge in [0.15, 0.2) is 0 Å². The van der Waals surface area contributed by atoms with E-state index in [9.17, 15) is 4.79 Å². The van der Waals surface area contributed by atoms with Gasteiger partial charge in [-0.1, -0.05) is 35.9 Å². The fourth-order valence-electron chi connectivity index (χ4n) is 1.79. The van der Waals surface area contributed by atoms with Crippen molar-refractivity contribution in [1.82, 2.24) is 5.32 Å². The smallest absolute Gasteiger partial charge is 0.230 e. The van der Waals surface area contributed by atoms with Crippen LogP contribution in [-0.4, -0.2) is 11.7 Å². The minimum absolute atomic E-state index is 0.00796. The maximum Gasteiger partial charge on any atom is 0.230 e. The fourth-order valence-corrected chi connectivity index (χ4v) is 2.73. The van der Waals surface area contributed by atoms with Crippen molar-refractivity contribution in [1.29, 1.82) is 5.26 Å². The molecule has 0 bridgehead atoms. The first-order valence-electron chi connectivity index (χ1n) is 6.75. The van der Waals surface area contributed by atoms with E-state index < -0.39 is 0 Å². The SMILES string of the molecule is N#Cc1ccc(CSCC(=O)NCc2ccc(Cl)cc2)cc1. The summed E-state index contributed by atoms with van der Waals surface area (Å²) in [5.41, 5.74) is 2.78. The van der Waals surface area contributed by atoms with Gasteiger partial charge in [-0.3, -0.25) is 4.79 Å². The van der Waals surface area contributed by atoms with Crippen molar-refractivity contribution >= 4 is 29.3 Å². The molecule has 112 valence electrons. The second-order valence-corrected chi connectivity index (χ2v) is 6.13. The molecule has 22 heavy (non-hydrogen) atoms. The molecule has 0 saturated heterocycles. The first-order chi connectivity index (χ1) is 10.7. The van der Waals surface area contributed by atoms with E-state index in [0.717, 1.165) is 16.9 Å². The number of thioether (sulfide) groups is 1. The van der Waals surface area contributed by atoms with Crippen molar-refractivity contribution in [2.75, 3.05) is 5.75 Å². The Bertz CT molecular complexity index is 663. The summed E-state index contributed by atoms with van der Waals surface area (Å²) in [7, 11) is 0. The minimum Gasteiger partial charge on any atom is -0.351 e. The van der Waals surface area contributed by atoms with Gasteiger partial charge in [0.05, 0.1) is 17.4 Å². The number of nitrogens with zero attached hydrogens (tertiary/aromatic N) is 1. The Balaban J connectivity index is 1.69. The molecular formula is C17H15ClN2OS. The second-order valence-electron chi connectivity index (χ2n) is 4.70. The van der Waals surface area contributed by atoms with Gasteiger partial charge in [0.25, 0.3) is 0 Å². The van der Waals surface area contributed by atoms with Crippen LogP contribution in [-0.2, 0) is 17.1 Å². The van der Waals surface area contributed by atoms with E-state index in [1.54, 1.807) is 23.9 Å². The zero-order chi connectivity index (χ0) is 15.8. The Kier molecular flexibility index (Phi) is 6.32. The van der Waals surface area contributed by atoms with Crippen LogP contribution in [0.2, 0.25) is 5.02 Å². The Morgan fingerprint density at radius 2 is 1.73 bits per heavy atom. The Labute approximate surface area is 139 Å². The Morgan fingerprint density at radius 1 is 1.09 bits per heavy atom. The monoisotopic (exact) mass is 330 g/mol. The first kappa shape index (κ1) is 16.4. The van der Waals surface area contributed by atoms with E-state index in [1.807, 2.05) is 36.4 Å². The highest BCUT2D eigenvalue weighted by atomic mass is 35.5. The molecule has 0 saturated carbocycles. The number of nitrogens with one attached hydrogen (secondary N) is 1. The average molecular weight is 331 g/mol. The summed E-state index contributed by atoms with van der Waals surface area (Å²) < 4.78 is 0. The summed E-state index contributed by atoms with van der Waals surface area (Å²) in [5.74, 6) is 1.17. The molecule has 2 aromatic rings. The van der Waals surface area contributed by atoms with Crippen molar-refractivity contribution in [2.45, 2.75) is 12.3 Å². The van der Waals surface area contributed by atoms with E-state index in [1.165, 1.54) is 0 Å². The lowest BCUT2D eigenvalue weighted by Crippen LogP contribution is -2.24. The van der Waals surface area contributed by atoms with Crippen molar-refractivity contribution < 1.29 is 4.79 Å². The molecule has 2 aromatic carbocycles. The summed E-state index contributed by atoms with van der Waals surface area (Å²) in [4.78, 5) is 11.8. The van der Waals surface area contributed by atoms with Crippen LogP contribution in [0.3, 0.4) is 0 Å². The number of rotatable bonds is 6. The van der Waals surface area contributed by atoms with Crippen LogP contribution >= 0.6 is 23.4 Å². The number of hydrogen-bond acceptors (Lipinski definition) is 3. The third kappa shape index (κ3) is 5.44. The van der Waals surface area contributed by atoms with Gasteiger partial charge in [0.1, 0.15) is 0 Å². The fraction of sp³-hybridized carbons (Fsp3) is 0.176. The molecule has 0 aliphatic carbocycles. The molecule has 5 heteroatoms. The van der Waals surface area contributed by atoms with Gasteiger partial charge < -0.3 is 5.32 Å². The molecule has 0 aromatic heterocycles. The summed E-state index contributed by atoms with van der Waals surface area (Å²) in [6.45, 7) is 0.507. The highest BCUT2D eigenvalue weighted by Gasteiger charge is 2.02. The van der Waals surface area contributed by atoms with Crippen LogP contribution in [0.1, 0.15) is 16.7 Å². The van der Waals surface area contributed by atoms with Gasteiger partial charge in [-0.2, -0.15) is 5.26 Å². The van der Waals surface area contributed by atoms with Crippen molar-refractivity contribution in [3.8, 4) is 6.07 Å². The van der Waals surface area contributed by atoms with E-state index in [0.29, 0.717) is 22.9 Å². The van der Waals surface area contributed by atoms with Gasteiger partial charge in [-0.25, -0.2) is 0 Å². The molecule has 1 N–H and O–H groups in total. The number of carbonyl (C=O) groups excluding carboxylic acids is 1. The molecule has 0 spiro atoms. The second kappa shape index (κ2) is 8.47. The highest BCUT2D eigenvalue weighted by molar-refractivity contribution is 7.99. The van der Waals surface area contributed by atoms with Crippen LogP contribution in [0.25, 0.3) is 0 Å². The van der Waals surface area contributed by atoms with Crippen LogP contribution < -0.4 is 5.32 Å². The molecule has 0 fully saturated rings. The number of hydrogen-bond donors (Lipinski definition) is 1. The Hall–Kier alpha value is -1.96. The van der Waals surface area contributed by atoms with Gasteiger partial charge in [-0.15, -0.1) is 11.8 Å². The topological polar surface area (TPSA) is 52.9 Å². The molecule has 0 aliphatic heterocycles. The van der Waals surface area contributed by atoms with Crippen LogP contribution in [0.4, 0.5) is 0 Å².